The maximum absolute atomic E-state index is 5.64. The molecule has 2 rings (SSSR count). The zero-order chi connectivity index (χ0) is 11.5. The molecule has 1 heterocycles. The Morgan fingerprint density at radius 1 is 1.25 bits per heavy atom. The maximum atomic E-state index is 5.64. The summed E-state index contributed by atoms with van der Waals surface area (Å²) >= 11 is 0. The molecule has 0 aromatic heterocycles. The summed E-state index contributed by atoms with van der Waals surface area (Å²) in [4.78, 5) is 0. The quantitative estimate of drug-likeness (QED) is 0.844. The molecule has 1 aromatic carbocycles. The third-order valence-electron chi connectivity index (χ3n) is 3.07. The Balaban J connectivity index is 2.02. The van der Waals surface area contributed by atoms with Crippen LogP contribution in [-0.2, 0) is 0 Å². The van der Waals surface area contributed by atoms with Gasteiger partial charge in [0.2, 0.25) is 0 Å². The topological polar surface area (TPSA) is 21.3 Å². The van der Waals surface area contributed by atoms with Gasteiger partial charge in [-0.05, 0) is 50.8 Å². The van der Waals surface area contributed by atoms with Gasteiger partial charge in [0, 0.05) is 12.6 Å². The molecule has 1 aliphatic rings. The third-order valence-corrected chi connectivity index (χ3v) is 3.07. The normalized spacial score (nSPS) is 25.0. The Labute approximate surface area is 98.0 Å². The van der Waals surface area contributed by atoms with Crippen molar-refractivity contribution in [2.45, 2.75) is 45.3 Å². The predicted molar refractivity (Wildman–Crippen MR) is 67.0 cm³/mol. The minimum atomic E-state index is 0.249. The molecule has 0 bridgehead atoms. The highest BCUT2D eigenvalue weighted by Gasteiger charge is 2.21. The average Bonchev–Trinajstić information content (AvgIpc) is 2.65. The van der Waals surface area contributed by atoms with Crippen LogP contribution in [0.4, 0.5) is 0 Å². The van der Waals surface area contributed by atoms with Crippen LogP contribution in [-0.4, -0.2) is 18.7 Å². The highest BCUT2D eigenvalue weighted by atomic mass is 16.5. The van der Waals surface area contributed by atoms with Gasteiger partial charge in [-0.15, -0.1) is 0 Å². The molecule has 2 unspecified atom stereocenters. The Morgan fingerprint density at radius 2 is 1.94 bits per heavy atom. The summed E-state index contributed by atoms with van der Waals surface area (Å²) < 4.78 is 5.64. The van der Waals surface area contributed by atoms with Crippen molar-refractivity contribution in [3.63, 3.8) is 0 Å². The van der Waals surface area contributed by atoms with Crippen molar-refractivity contribution in [1.29, 1.82) is 0 Å². The number of hydrogen-bond acceptors (Lipinski definition) is 2. The molecule has 1 aromatic rings. The van der Waals surface area contributed by atoms with Crippen LogP contribution in [0.15, 0.2) is 24.3 Å². The fraction of sp³-hybridized carbons (Fsp3) is 0.571. The maximum Gasteiger partial charge on any atom is 0.119 e. The van der Waals surface area contributed by atoms with E-state index in [0.29, 0.717) is 12.0 Å². The van der Waals surface area contributed by atoms with Gasteiger partial charge in [0.1, 0.15) is 5.75 Å². The van der Waals surface area contributed by atoms with Crippen LogP contribution >= 0.6 is 0 Å². The summed E-state index contributed by atoms with van der Waals surface area (Å²) in [5, 5.41) is 3.48. The van der Waals surface area contributed by atoms with Gasteiger partial charge in [0.15, 0.2) is 0 Å². The van der Waals surface area contributed by atoms with Gasteiger partial charge in [-0.1, -0.05) is 12.1 Å². The van der Waals surface area contributed by atoms with E-state index in [0.717, 1.165) is 12.3 Å². The average molecular weight is 219 g/mol. The first-order valence-corrected chi connectivity index (χ1v) is 6.15. The Kier molecular flexibility index (Phi) is 3.49. The van der Waals surface area contributed by atoms with Gasteiger partial charge >= 0.3 is 0 Å². The summed E-state index contributed by atoms with van der Waals surface area (Å²) in [7, 11) is 0. The van der Waals surface area contributed by atoms with Crippen LogP contribution in [0.5, 0.6) is 5.75 Å². The second-order valence-electron chi connectivity index (χ2n) is 4.98. The van der Waals surface area contributed by atoms with Crippen LogP contribution in [0.3, 0.4) is 0 Å². The molecule has 0 spiro atoms. The lowest BCUT2D eigenvalue weighted by molar-refractivity contribution is 0.242. The second kappa shape index (κ2) is 4.88. The lowest BCUT2D eigenvalue weighted by Gasteiger charge is -2.12. The van der Waals surface area contributed by atoms with E-state index in [2.05, 4.69) is 50.4 Å². The number of rotatable bonds is 3. The molecule has 2 heteroatoms. The minimum Gasteiger partial charge on any atom is -0.491 e. The smallest absolute Gasteiger partial charge is 0.119 e. The highest BCUT2D eigenvalue weighted by molar-refractivity contribution is 5.30. The van der Waals surface area contributed by atoms with Gasteiger partial charge < -0.3 is 10.1 Å². The highest BCUT2D eigenvalue weighted by Crippen LogP contribution is 2.27. The van der Waals surface area contributed by atoms with Crippen molar-refractivity contribution in [2.75, 3.05) is 6.54 Å². The van der Waals surface area contributed by atoms with Crippen LogP contribution in [0.1, 0.15) is 38.7 Å². The van der Waals surface area contributed by atoms with Crippen molar-refractivity contribution in [3.8, 4) is 5.75 Å². The van der Waals surface area contributed by atoms with E-state index in [1.54, 1.807) is 0 Å². The predicted octanol–water partition coefficient (Wildman–Crippen LogP) is 2.94. The van der Waals surface area contributed by atoms with E-state index in [-0.39, 0.29) is 6.10 Å². The number of nitrogens with one attached hydrogen (secondary N) is 1. The van der Waals surface area contributed by atoms with E-state index in [1.165, 1.54) is 12.0 Å². The van der Waals surface area contributed by atoms with Gasteiger partial charge in [-0.2, -0.15) is 0 Å². The fourth-order valence-corrected chi connectivity index (χ4v) is 2.28. The third kappa shape index (κ3) is 2.76. The molecule has 1 aliphatic heterocycles. The van der Waals surface area contributed by atoms with Crippen molar-refractivity contribution in [1.82, 2.24) is 5.32 Å². The molecule has 0 radical (unpaired) electrons. The molecule has 88 valence electrons. The monoisotopic (exact) mass is 219 g/mol. The Hall–Kier alpha value is -1.02. The molecule has 1 saturated heterocycles. The SMILES string of the molecule is CC1CC(c2ccc(OC(C)C)cc2)CN1. The van der Waals surface area contributed by atoms with E-state index < -0.39 is 0 Å². The van der Waals surface area contributed by atoms with E-state index >= 15 is 0 Å². The molecule has 2 nitrogen and oxygen atoms in total. The number of benzene rings is 1. The molecule has 1 fully saturated rings. The van der Waals surface area contributed by atoms with Gasteiger partial charge in [0.05, 0.1) is 6.10 Å². The van der Waals surface area contributed by atoms with Gasteiger partial charge in [0.25, 0.3) is 0 Å². The molecule has 0 aliphatic carbocycles. The molecular formula is C14H21NO. The van der Waals surface area contributed by atoms with E-state index in [4.69, 9.17) is 4.74 Å². The van der Waals surface area contributed by atoms with Crippen LogP contribution in [0.2, 0.25) is 0 Å². The lowest BCUT2D eigenvalue weighted by atomic mass is 9.97. The summed E-state index contributed by atoms with van der Waals surface area (Å²) in [6, 6.07) is 9.21. The molecular weight excluding hydrogens is 198 g/mol. The van der Waals surface area contributed by atoms with Crippen molar-refractivity contribution in [3.05, 3.63) is 29.8 Å². The number of hydrogen-bond donors (Lipinski definition) is 1. The van der Waals surface area contributed by atoms with Crippen LogP contribution in [0, 0.1) is 0 Å². The van der Waals surface area contributed by atoms with Crippen LogP contribution in [0.25, 0.3) is 0 Å². The first-order chi connectivity index (χ1) is 7.65. The standard InChI is InChI=1S/C14H21NO/c1-10(2)16-14-6-4-12(5-7-14)13-8-11(3)15-9-13/h4-7,10-11,13,15H,8-9H2,1-3H3. The Bertz CT molecular complexity index is 331. The summed E-state index contributed by atoms with van der Waals surface area (Å²) in [5.41, 5.74) is 1.42. The first-order valence-electron chi connectivity index (χ1n) is 6.15. The minimum absolute atomic E-state index is 0.249. The molecule has 1 N–H and O–H groups in total. The van der Waals surface area contributed by atoms with Gasteiger partial charge in [-0.3, -0.25) is 0 Å². The summed E-state index contributed by atoms with van der Waals surface area (Å²) in [6.07, 6.45) is 1.49. The largest absolute Gasteiger partial charge is 0.491 e. The zero-order valence-corrected chi connectivity index (χ0v) is 10.4. The summed E-state index contributed by atoms with van der Waals surface area (Å²) in [6.45, 7) is 7.45. The second-order valence-corrected chi connectivity index (χ2v) is 4.98. The molecule has 2 atom stereocenters. The van der Waals surface area contributed by atoms with Gasteiger partial charge in [-0.25, -0.2) is 0 Å². The molecule has 0 amide bonds. The van der Waals surface area contributed by atoms with Crippen LogP contribution < -0.4 is 10.1 Å². The summed E-state index contributed by atoms with van der Waals surface area (Å²) in [5.74, 6) is 1.64. The fourth-order valence-electron chi connectivity index (χ4n) is 2.28. The first kappa shape index (κ1) is 11.5. The van der Waals surface area contributed by atoms with Crippen molar-refractivity contribution >= 4 is 0 Å². The molecule has 16 heavy (non-hydrogen) atoms. The van der Waals surface area contributed by atoms with Crippen molar-refractivity contribution < 1.29 is 4.74 Å². The zero-order valence-electron chi connectivity index (χ0n) is 10.4. The Morgan fingerprint density at radius 3 is 2.44 bits per heavy atom. The van der Waals surface area contributed by atoms with E-state index in [9.17, 15) is 0 Å². The molecule has 0 saturated carbocycles. The van der Waals surface area contributed by atoms with Crippen molar-refractivity contribution in [2.24, 2.45) is 0 Å². The lowest BCUT2D eigenvalue weighted by Crippen LogP contribution is -2.16. The number of ether oxygens (including phenoxy) is 1. The van der Waals surface area contributed by atoms with E-state index in [1.807, 2.05) is 0 Å².